The SMILES string of the molecule is CN1CCN(C)B1/C(=C\C=[C](/c1ccccc1)[Sn]([CH3])([CH3])[CH3])c1ccccc1. The molecule has 0 spiro atoms. The minimum atomic E-state index is -2.28. The van der Waals surface area contributed by atoms with Crippen LogP contribution in [0.15, 0.2) is 72.8 Å². The summed E-state index contributed by atoms with van der Waals surface area (Å²) in [5, 5.41) is 0. The van der Waals surface area contributed by atoms with Crippen molar-refractivity contribution < 1.29 is 0 Å². The molecule has 0 atom stereocenters. The van der Waals surface area contributed by atoms with Crippen LogP contribution in [0.2, 0.25) is 14.8 Å². The van der Waals surface area contributed by atoms with Crippen molar-refractivity contribution in [1.29, 1.82) is 0 Å². The van der Waals surface area contributed by atoms with E-state index in [9.17, 15) is 0 Å². The fraction of sp³-hybridized carbons (Fsp3) is 0.304. The van der Waals surface area contributed by atoms with Crippen LogP contribution in [0.4, 0.5) is 0 Å². The van der Waals surface area contributed by atoms with E-state index in [2.05, 4.69) is 111 Å². The van der Waals surface area contributed by atoms with Crippen LogP contribution in [-0.2, 0) is 0 Å². The van der Waals surface area contributed by atoms with Crippen molar-refractivity contribution in [3.8, 4) is 0 Å². The van der Waals surface area contributed by atoms with Crippen molar-refractivity contribution >= 4 is 34.4 Å². The summed E-state index contributed by atoms with van der Waals surface area (Å²) in [5.74, 6) is 0. The molecule has 0 aromatic heterocycles. The predicted molar refractivity (Wildman–Crippen MR) is 123 cm³/mol. The van der Waals surface area contributed by atoms with Gasteiger partial charge in [-0.2, -0.15) is 0 Å². The number of likely N-dealkylation sites (N-methyl/N-ethyl adjacent to an activating group) is 2. The summed E-state index contributed by atoms with van der Waals surface area (Å²) in [5.41, 5.74) is 4.09. The number of hydrogen-bond donors (Lipinski definition) is 0. The first-order chi connectivity index (χ1) is 12.9. The van der Waals surface area contributed by atoms with Crippen LogP contribution in [0, 0.1) is 0 Å². The van der Waals surface area contributed by atoms with E-state index in [0.717, 1.165) is 13.1 Å². The van der Waals surface area contributed by atoms with Gasteiger partial charge in [0, 0.05) is 0 Å². The molecule has 1 aliphatic rings. The summed E-state index contributed by atoms with van der Waals surface area (Å²) in [4.78, 5) is 12.4. The Balaban J connectivity index is 2.10. The number of nitrogens with zero attached hydrogens (tertiary/aromatic N) is 2. The summed E-state index contributed by atoms with van der Waals surface area (Å²) >= 11 is -2.28. The molecule has 0 radical (unpaired) electrons. The molecule has 1 aliphatic heterocycles. The van der Waals surface area contributed by atoms with Crippen molar-refractivity contribution in [1.82, 2.24) is 9.62 Å². The second-order valence-electron chi connectivity index (χ2n) is 8.52. The van der Waals surface area contributed by atoms with Gasteiger partial charge in [-0.1, -0.05) is 0 Å². The van der Waals surface area contributed by atoms with Gasteiger partial charge in [0.1, 0.15) is 0 Å². The topological polar surface area (TPSA) is 6.48 Å². The van der Waals surface area contributed by atoms with Crippen molar-refractivity contribution in [3.05, 3.63) is 83.9 Å². The Kier molecular flexibility index (Phi) is 6.67. The van der Waals surface area contributed by atoms with E-state index in [-0.39, 0.29) is 0 Å². The summed E-state index contributed by atoms with van der Waals surface area (Å²) in [6.07, 6.45) is 4.82. The Morgan fingerprint density at radius 3 is 1.74 bits per heavy atom. The third-order valence-electron chi connectivity index (χ3n) is 5.35. The molecule has 2 aromatic rings. The monoisotopic (exact) mass is 466 g/mol. The molecular formula is C23H31BN2Sn. The standard InChI is InChI=1S/C20H22BN2.3CH3.Sn/c1-22-16-17-23(2)21(22)20(19-13-7-4-8-14-19)15-9-12-18-10-5-3-6-11-18;;;;/h3-11,13-15H,16-17H2,1-2H3;3*1H3;/b12-9?,20-15-;;;;. The van der Waals surface area contributed by atoms with Crippen molar-refractivity contribution in [2.24, 2.45) is 0 Å². The van der Waals surface area contributed by atoms with Gasteiger partial charge in [0.15, 0.2) is 0 Å². The van der Waals surface area contributed by atoms with Crippen LogP contribution in [0.25, 0.3) is 9.06 Å². The van der Waals surface area contributed by atoms with Crippen LogP contribution < -0.4 is 0 Å². The van der Waals surface area contributed by atoms with E-state index in [4.69, 9.17) is 0 Å². The zero-order valence-electron chi connectivity index (χ0n) is 17.3. The maximum absolute atomic E-state index is 2.50. The van der Waals surface area contributed by atoms with Gasteiger partial charge in [-0.15, -0.1) is 0 Å². The Bertz CT molecular complexity index is 799. The van der Waals surface area contributed by atoms with Gasteiger partial charge in [-0.05, 0) is 0 Å². The number of benzene rings is 2. The Morgan fingerprint density at radius 1 is 0.778 bits per heavy atom. The third kappa shape index (κ3) is 4.95. The van der Waals surface area contributed by atoms with Crippen LogP contribution in [-0.4, -0.2) is 62.2 Å². The Morgan fingerprint density at radius 2 is 1.26 bits per heavy atom. The van der Waals surface area contributed by atoms with Crippen LogP contribution in [0.1, 0.15) is 11.1 Å². The van der Waals surface area contributed by atoms with Crippen molar-refractivity contribution in [3.63, 3.8) is 0 Å². The van der Waals surface area contributed by atoms with E-state index in [1.165, 1.54) is 16.6 Å². The van der Waals surface area contributed by atoms with Crippen LogP contribution in [0.3, 0.4) is 0 Å². The third-order valence-corrected chi connectivity index (χ3v) is 11.3. The van der Waals surface area contributed by atoms with E-state index in [1.54, 1.807) is 3.59 Å². The van der Waals surface area contributed by atoms with E-state index >= 15 is 0 Å². The first-order valence-corrected chi connectivity index (χ1v) is 19.8. The molecule has 1 saturated heterocycles. The van der Waals surface area contributed by atoms with Gasteiger partial charge in [0.05, 0.1) is 0 Å². The maximum atomic E-state index is 2.50. The summed E-state index contributed by atoms with van der Waals surface area (Å²) < 4.78 is 1.57. The van der Waals surface area contributed by atoms with Gasteiger partial charge in [0.25, 0.3) is 0 Å². The average molecular weight is 465 g/mol. The molecule has 2 nitrogen and oxygen atoms in total. The molecule has 0 bridgehead atoms. The number of rotatable bonds is 5. The van der Waals surface area contributed by atoms with Crippen LogP contribution in [0.5, 0.6) is 0 Å². The van der Waals surface area contributed by atoms with E-state index in [1.807, 2.05) is 0 Å². The zero-order valence-corrected chi connectivity index (χ0v) is 20.2. The van der Waals surface area contributed by atoms with Gasteiger partial charge in [0.2, 0.25) is 0 Å². The van der Waals surface area contributed by atoms with Gasteiger partial charge in [-0.25, -0.2) is 0 Å². The molecule has 27 heavy (non-hydrogen) atoms. The first-order valence-electron chi connectivity index (χ1n) is 9.81. The fourth-order valence-corrected chi connectivity index (χ4v) is 8.52. The van der Waals surface area contributed by atoms with Gasteiger partial charge < -0.3 is 0 Å². The molecule has 0 saturated carbocycles. The quantitative estimate of drug-likeness (QED) is 0.457. The molecule has 1 fully saturated rings. The molecule has 140 valence electrons. The summed E-state index contributed by atoms with van der Waals surface area (Å²) in [7, 11) is 4.46. The second-order valence-corrected chi connectivity index (χ2v) is 22.9. The number of allylic oxidation sites excluding steroid dienone is 2. The van der Waals surface area contributed by atoms with Gasteiger partial charge in [-0.3, -0.25) is 0 Å². The molecular weight excluding hydrogens is 434 g/mol. The van der Waals surface area contributed by atoms with Crippen molar-refractivity contribution in [2.45, 2.75) is 14.8 Å². The molecule has 0 aliphatic carbocycles. The molecule has 2 aromatic carbocycles. The van der Waals surface area contributed by atoms with Crippen molar-refractivity contribution in [2.75, 3.05) is 27.2 Å². The average Bonchev–Trinajstić information content (AvgIpc) is 2.98. The zero-order chi connectivity index (χ0) is 19.4. The Labute approximate surface area is 169 Å². The summed E-state index contributed by atoms with van der Waals surface area (Å²) in [6.45, 7) is 2.55. The summed E-state index contributed by atoms with van der Waals surface area (Å²) in [6, 6.07) is 21.8. The predicted octanol–water partition coefficient (Wildman–Crippen LogP) is 4.94. The van der Waals surface area contributed by atoms with Gasteiger partial charge >= 0.3 is 170 Å². The molecule has 1 heterocycles. The minimum absolute atomic E-state index is 0.329. The molecule has 3 rings (SSSR count). The van der Waals surface area contributed by atoms with Crippen LogP contribution >= 0.6 is 0 Å². The molecule has 4 heteroatoms. The Hall–Kier alpha value is -1.30. The number of hydrogen-bond acceptors (Lipinski definition) is 2. The van der Waals surface area contributed by atoms with E-state index in [0.29, 0.717) is 6.98 Å². The molecule has 0 N–H and O–H groups in total. The normalized spacial score (nSPS) is 17.6. The fourth-order valence-electron chi connectivity index (χ4n) is 3.90. The molecule has 0 amide bonds. The van der Waals surface area contributed by atoms with E-state index < -0.39 is 18.4 Å². The second kappa shape index (κ2) is 8.81. The first kappa shape index (κ1) is 20.4. The molecule has 0 unspecified atom stereocenters.